The highest BCUT2D eigenvalue weighted by molar-refractivity contribution is 7.09. The zero-order valence-corrected chi connectivity index (χ0v) is 17.1. The maximum Gasteiger partial charge on any atom is 0.490 e. The van der Waals surface area contributed by atoms with Gasteiger partial charge < -0.3 is 15.2 Å². The number of aliphatic carboxylic acids is 1. The number of nitrogens with zero attached hydrogens (tertiary/aromatic N) is 3. The van der Waals surface area contributed by atoms with Crippen LogP contribution >= 0.6 is 11.3 Å². The van der Waals surface area contributed by atoms with Crippen molar-refractivity contribution in [2.75, 3.05) is 13.2 Å². The molecule has 2 aromatic heterocycles. The van der Waals surface area contributed by atoms with Crippen molar-refractivity contribution in [2.45, 2.75) is 43.8 Å². The lowest BCUT2D eigenvalue weighted by Gasteiger charge is -2.32. The van der Waals surface area contributed by atoms with Crippen LogP contribution in [0.2, 0.25) is 0 Å². The van der Waals surface area contributed by atoms with Gasteiger partial charge in [0.1, 0.15) is 5.69 Å². The second kappa shape index (κ2) is 10.2. The molecule has 0 spiro atoms. The van der Waals surface area contributed by atoms with Crippen LogP contribution in [0.15, 0.2) is 36.1 Å². The number of hydrogen-bond donors (Lipinski definition) is 2. The van der Waals surface area contributed by atoms with E-state index in [1.54, 1.807) is 17.5 Å². The van der Waals surface area contributed by atoms with Crippen LogP contribution in [0.5, 0.6) is 0 Å². The third-order valence-electron chi connectivity index (χ3n) is 4.92. The molecule has 0 aromatic carbocycles. The Balaban J connectivity index is 0.000000339. The summed E-state index contributed by atoms with van der Waals surface area (Å²) in [4.78, 5) is 33.1. The second-order valence-corrected chi connectivity index (χ2v) is 8.06. The van der Waals surface area contributed by atoms with Gasteiger partial charge in [-0.3, -0.25) is 14.7 Å². The molecule has 4 heterocycles. The highest BCUT2D eigenvalue weighted by Gasteiger charge is 2.44. The number of alkyl halides is 3. The molecule has 3 atom stereocenters. The fourth-order valence-corrected chi connectivity index (χ4v) is 4.35. The van der Waals surface area contributed by atoms with Crippen LogP contribution < -0.4 is 5.32 Å². The number of thiophene rings is 1. The average Bonchev–Trinajstić information content (AvgIpc) is 3.37. The van der Waals surface area contributed by atoms with Crippen LogP contribution in [-0.2, 0) is 16.1 Å². The first-order valence-corrected chi connectivity index (χ1v) is 10.4. The summed E-state index contributed by atoms with van der Waals surface area (Å²) >= 11 is 1.77. The maximum atomic E-state index is 12.4. The summed E-state index contributed by atoms with van der Waals surface area (Å²) in [6.45, 7) is 2.49. The normalized spacial score (nSPS) is 23.4. The van der Waals surface area contributed by atoms with Crippen molar-refractivity contribution in [1.82, 2.24) is 20.2 Å². The van der Waals surface area contributed by atoms with E-state index < -0.39 is 12.1 Å². The van der Waals surface area contributed by atoms with Crippen molar-refractivity contribution in [2.24, 2.45) is 0 Å². The Kier molecular flexibility index (Phi) is 7.57. The zero-order valence-electron chi connectivity index (χ0n) is 16.3. The number of fused-ring (bicyclic) bond motifs is 1. The number of carbonyl (C=O) groups excluding carboxylic acids is 1. The van der Waals surface area contributed by atoms with Gasteiger partial charge in [-0.15, -0.1) is 11.3 Å². The van der Waals surface area contributed by atoms with Gasteiger partial charge in [0.05, 0.1) is 18.3 Å². The lowest BCUT2D eigenvalue weighted by molar-refractivity contribution is -0.192. The van der Waals surface area contributed by atoms with Crippen LogP contribution in [0, 0.1) is 0 Å². The molecule has 2 saturated heterocycles. The number of likely N-dealkylation sites (tertiary alicyclic amines) is 1. The third-order valence-corrected chi connectivity index (χ3v) is 5.79. The van der Waals surface area contributed by atoms with Crippen molar-refractivity contribution >= 4 is 23.2 Å². The SMILES string of the molecule is O=C(N[C@H]1CN(Cc2cccs2)[C@H]2CCCO[C@@H]12)c1cnccn1.O=C(O)C(F)(F)F. The molecule has 12 heteroatoms. The largest absolute Gasteiger partial charge is 0.490 e. The van der Waals surface area contributed by atoms with Crippen molar-refractivity contribution in [3.8, 4) is 0 Å². The minimum atomic E-state index is -5.08. The van der Waals surface area contributed by atoms with Crippen LogP contribution in [0.3, 0.4) is 0 Å². The number of rotatable bonds is 4. The first-order chi connectivity index (χ1) is 14.8. The molecule has 1 amide bonds. The Morgan fingerprint density at radius 2 is 2.13 bits per heavy atom. The van der Waals surface area contributed by atoms with E-state index in [1.165, 1.54) is 17.3 Å². The molecule has 2 N–H and O–H groups in total. The quantitative estimate of drug-likeness (QED) is 0.725. The summed E-state index contributed by atoms with van der Waals surface area (Å²) in [6, 6.07) is 4.60. The molecule has 4 rings (SSSR count). The first kappa shape index (κ1) is 23.1. The Bertz CT molecular complexity index is 867. The number of ether oxygens (including phenoxy) is 1. The summed E-state index contributed by atoms with van der Waals surface area (Å²) < 4.78 is 37.7. The molecule has 31 heavy (non-hydrogen) atoms. The Morgan fingerprint density at radius 1 is 1.35 bits per heavy atom. The van der Waals surface area contributed by atoms with Crippen LogP contribution in [0.1, 0.15) is 28.2 Å². The van der Waals surface area contributed by atoms with Gasteiger partial charge in [0, 0.05) is 43.0 Å². The Hall–Kier alpha value is -2.57. The number of amides is 1. The van der Waals surface area contributed by atoms with Gasteiger partial charge in [0.2, 0.25) is 0 Å². The van der Waals surface area contributed by atoms with Gasteiger partial charge in [-0.25, -0.2) is 9.78 Å². The van der Waals surface area contributed by atoms with Crippen LogP contribution in [0.4, 0.5) is 13.2 Å². The summed E-state index contributed by atoms with van der Waals surface area (Å²) in [5.74, 6) is -2.94. The molecule has 2 fully saturated rings. The molecule has 0 aliphatic carbocycles. The number of nitrogens with one attached hydrogen (secondary N) is 1. The van der Waals surface area contributed by atoms with E-state index >= 15 is 0 Å². The molecule has 2 aromatic rings. The smallest absolute Gasteiger partial charge is 0.475 e. The predicted octanol–water partition coefficient (Wildman–Crippen LogP) is 2.33. The lowest BCUT2D eigenvalue weighted by Crippen LogP contribution is -2.47. The zero-order chi connectivity index (χ0) is 22.4. The molecule has 0 saturated carbocycles. The van der Waals surface area contributed by atoms with E-state index in [-0.39, 0.29) is 18.1 Å². The summed E-state index contributed by atoms with van der Waals surface area (Å²) in [6.07, 6.45) is 1.76. The van der Waals surface area contributed by atoms with Gasteiger partial charge in [-0.2, -0.15) is 13.2 Å². The van der Waals surface area contributed by atoms with Gasteiger partial charge in [0.15, 0.2) is 0 Å². The number of carboxylic acids is 1. The molecule has 168 valence electrons. The predicted molar refractivity (Wildman–Crippen MR) is 104 cm³/mol. The molecule has 2 aliphatic rings. The average molecular weight is 458 g/mol. The highest BCUT2D eigenvalue weighted by atomic mass is 32.1. The van der Waals surface area contributed by atoms with Gasteiger partial charge in [0.25, 0.3) is 5.91 Å². The van der Waals surface area contributed by atoms with E-state index in [0.29, 0.717) is 11.7 Å². The number of halogens is 3. The van der Waals surface area contributed by atoms with Crippen LogP contribution in [0.25, 0.3) is 0 Å². The monoisotopic (exact) mass is 458 g/mol. The maximum absolute atomic E-state index is 12.4. The topological polar surface area (TPSA) is 105 Å². The van der Waals surface area contributed by atoms with Crippen molar-refractivity contribution < 1.29 is 32.6 Å². The van der Waals surface area contributed by atoms with Crippen molar-refractivity contribution in [3.05, 3.63) is 46.7 Å². The number of aromatic nitrogens is 2. The van der Waals surface area contributed by atoms with E-state index in [0.717, 1.165) is 32.5 Å². The number of hydrogen-bond acceptors (Lipinski definition) is 7. The van der Waals surface area contributed by atoms with Gasteiger partial charge in [-0.05, 0) is 24.3 Å². The molecule has 0 unspecified atom stereocenters. The summed E-state index contributed by atoms with van der Waals surface area (Å²) in [7, 11) is 0. The van der Waals surface area contributed by atoms with Gasteiger partial charge >= 0.3 is 12.1 Å². The molecular formula is C19H21F3N4O4S. The van der Waals surface area contributed by atoms with E-state index in [9.17, 15) is 18.0 Å². The van der Waals surface area contributed by atoms with E-state index in [4.69, 9.17) is 14.6 Å². The fourth-order valence-electron chi connectivity index (χ4n) is 3.62. The highest BCUT2D eigenvalue weighted by Crippen LogP contribution is 2.31. The van der Waals surface area contributed by atoms with Gasteiger partial charge in [-0.1, -0.05) is 6.07 Å². The van der Waals surface area contributed by atoms with Crippen LogP contribution in [-0.4, -0.2) is 69.4 Å². The molecule has 0 bridgehead atoms. The number of carbonyl (C=O) groups is 2. The number of carboxylic acid groups (broad SMARTS) is 1. The summed E-state index contributed by atoms with van der Waals surface area (Å²) in [5, 5.41) is 12.3. The van der Waals surface area contributed by atoms with E-state index in [2.05, 4.69) is 37.7 Å². The summed E-state index contributed by atoms with van der Waals surface area (Å²) in [5.41, 5.74) is 0.349. The fraction of sp³-hybridized carbons (Fsp3) is 0.474. The molecule has 2 aliphatic heterocycles. The first-order valence-electron chi connectivity index (χ1n) is 9.50. The minimum absolute atomic E-state index is 0.00947. The molecule has 0 radical (unpaired) electrons. The third kappa shape index (κ3) is 6.21. The van der Waals surface area contributed by atoms with Crippen molar-refractivity contribution in [3.63, 3.8) is 0 Å². The molecular weight excluding hydrogens is 437 g/mol. The lowest BCUT2D eigenvalue weighted by atomic mass is 10.0. The second-order valence-electron chi connectivity index (χ2n) is 7.03. The minimum Gasteiger partial charge on any atom is -0.475 e. The standard InChI is InChI=1S/C17H20N4O2S.C2HF3O2/c22-17(13-9-18-5-6-19-13)20-14-11-21(10-12-3-2-8-24-12)15-4-1-7-23-16(14)15;3-2(4,5)1(6)7/h2-3,5-6,8-9,14-16H,1,4,7,10-11H2,(H,20,22);(H,6,7)/t14-,15-,16-;/m0./s1. The van der Waals surface area contributed by atoms with E-state index in [1.807, 2.05) is 0 Å². The Labute approximate surface area is 180 Å². The molecule has 8 nitrogen and oxygen atoms in total. The van der Waals surface area contributed by atoms with Crippen molar-refractivity contribution in [1.29, 1.82) is 0 Å². The Morgan fingerprint density at radius 3 is 2.74 bits per heavy atom.